The van der Waals surface area contributed by atoms with Gasteiger partial charge in [0, 0.05) is 37.5 Å². The average molecular weight is 645 g/mol. The highest BCUT2D eigenvalue weighted by Crippen LogP contribution is 2.62. The van der Waals surface area contributed by atoms with Gasteiger partial charge in [-0.05, 0) is 61.4 Å². The predicted octanol–water partition coefficient (Wildman–Crippen LogP) is 5.18. The van der Waals surface area contributed by atoms with Gasteiger partial charge in [0.05, 0.1) is 29.3 Å². The second-order valence-corrected chi connectivity index (χ2v) is 14.4. The molecule has 1 N–H and O–H groups in total. The zero-order valence-corrected chi connectivity index (χ0v) is 27.7. The number of aliphatic hydroxyl groups is 1. The summed E-state index contributed by atoms with van der Waals surface area (Å²) in [5.74, 6) is -2.61. The zero-order valence-electron chi connectivity index (χ0n) is 27.7. The molecular formula is C38H44O9. The Kier molecular flexibility index (Phi) is 8.68. The molecule has 2 aromatic carbocycles. The second-order valence-electron chi connectivity index (χ2n) is 14.4. The lowest BCUT2D eigenvalue weighted by Crippen LogP contribution is -2.69. The maximum Gasteiger partial charge on any atom is 0.338 e. The number of benzene rings is 2. The number of hydrogen-bond donors (Lipinski definition) is 1. The van der Waals surface area contributed by atoms with Crippen LogP contribution in [0.3, 0.4) is 0 Å². The summed E-state index contributed by atoms with van der Waals surface area (Å²) in [6.07, 6.45) is -2.15. The first kappa shape index (κ1) is 33.1. The first-order valence-electron chi connectivity index (χ1n) is 16.5. The van der Waals surface area contributed by atoms with Crippen molar-refractivity contribution in [3.05, 3.63) is 82.9 Å². The van der Waals surface area contributed by atoms with Crippen molar-refractivity contribution >= 4 is 23.7 Å². The fourth-order valence-electron chi connectivity index (χ4n) is 8.55. The van der Waals surface area contributed by atoms with Crippen LogP contribution >= 0.6 is 0 Å². The van der Waals surface area contributed by atoms with Crippen molar-refractivity contribution in [2.24, 2.45) is 22.7 Å². The number of esters is 3. The van der Waals surface area contributed by atoms with Gasteiger partial charge >= 0.3 is 17.9 Å². The van der Waals surface area contributed by atoms with Gasteiger partial charge in [0.15, 0.2) is 11.9 Å². The number of fused-ring (bicyclic) bond motifs is 5. The Labute approximate surface area is 275 Å². The van der Waals surface area contributed by atoms with Gasteiger partial charge in [0.1, 0.15) is 12.2 Å². The molecule has 0 amide bonds. The van der Waals surface area contributed by atoms with Gasteiger partial charge in [0.2, 0.25) is 0 Å². The van der Waals surface area contributed by atoms with Crippen LogP contribution in [0.5, 0.6) is 0 Å². The summed E-state index contributed by atoms with van der Waals surface area (Å²) in [6, 6.07) is 18.2. The van der Waals surface area contributed by atoms with Crippen LogP contribution in [0.2, 0.25) is 0 Å². The molecule has 0 aromatic heterocycles. The molecule has 3 aliphatic carbocycles. The number of ketones is 1. The molecule has 6 rings (SSSR count). The fourth-order valence-corrected chi connectivity index (χ4v) is 8.55. The summed E-state index contributed by atoms with van der Waals surface area (Å²) in [4.78, 5) is 54.4. The molecule has 3 fully saturated rings. The van der Waals surface area contributed by atoms with Crippen LogP contribution in [0.1, 0.15) is 76.2 Å². The molecule has 5 unspecified atom stereocenters. The number of carbonyl (C=O) groups is 4. The summed E-state index contributed by atoms with van der Waals surface area (Å²) in [7, 11) is 0. The first-order chi connectivity index (χ1) is 22.3. The summed E-state index contributed by atoms with van der Waals surface area (Å²) >= 11 is 0. The quantitative estimate of drug-likeness (QED) is 0.247. The van der Waals surface area contributed by atoms with Crippen LogP contribution in [0.15, 0.2) is 71.8 Å². The second kappa shape index (κ2) is 12.3. The molecule has 1 heterocycles. The van der Waals surface area contributed by atoms with Crippen molar-refractivity contribution in [2.45, 2.75) is 96.7 Å². The molecule has 0 spiro atoms. The SMILES string of the molecule is CC(=O)OC1C(=O)C2(C)C(OC(=O)c3ccccc3)C[C@H]3OC[C@H]3C2CC2(O)C[C@H](OC(=O)CCc3ccccc3)C(C)=C1C2(C)C. The number of rotatable bonds is 7. The third-order valence-corrected chi connectivity index (χ3v) is 11.5. The van der Waals surface area contributed by atoms with Crippen molar-refractivity contribution in [1.29, 1.82) is 0 Å². The standard InChI is InChI=1S/C38H44O9/c1-22-29(46-31(40)17-16-24-12-8-6-9-13-24)20-38(43)19-27-26-21-44-28(26)18-30(47-35(42)25-14-10-7-11-15-25)37(27,5)34(41)33(45-23(2)39)32(22)36(38,3)4/h6-15,26-30,33,43H,16-21H2,1-5H3/t26-,27?,28+,29-,30?,33?,37?,38?/m0/s1. The van der Waals surface area contributed by atoms with E-state index in [9.17, 15) is 19.5 Å². The molecule has 9 nitrogen and oxygen atoms in total. The number of Topliss-reactive ketones (excluding diaryl/α,β-unsaturated/α-hetero) is 1. The van der Waals surface area contributed by atoms with E-state index in [4.69, 9.17) is 18.9 Å². The van der Waals surface area contributed by atoms with Crippen molar-refractivity contribution in [3.63, 3.8) is 0 Å². The largest absolute Gasteiger partial charge is 0.458 e. The fraction of sp³-hybridized carbons (Fsp3) is 0.526. The van der Waals surface area contributed by atoms with Gasteiger partial charge in [-0.1, -0.05) is 62.4 Å². The van der Waals surface area contributed by atoms with Crippen LogP contribution < -0.4 is 0 Å². The van der Waals surface area contributed by atoms with E-state index in [1.54, 1.807) is 44.2 Å². The molecule has 2 saturated carbocycles. The van der Waals surface area contributed by atoms with Gasteiger partial charge < -0.3 is 24.1 Å². The third-order valence-electron chi connectivity index (χ3n) is 11.5. The minimum absolute atomic E-state index is 0.0890. The van der Waals surface area contributed by atoms with Crippen LogP contribution in [0, 0.1) is 22.7 Å². The smallest absolute Gasteiger partial charge is 0.338 e. The van der Waals surface area contributed by atoms with Gasteiger partial charge in [-0.2, -0.15) is 0 Å². The van der Waals surface area contributed by atoms with E-state index in [-0.39, 0.29) is 31.3 Å². The number of ether oxygens (including phenoxy) is 4. The number of hydrogen-bond acceptors (Lipinski definition) is 9. The molecule has 1 saturated heterocycles. The topological polar surface area (TPSA) is 125 Å². The molecule has 2 bridgehead atoms. The Hall–Kier alpha value is -3.82. The van der Waals surface area contributed by atoms with Gasteiger partial charge in [-0.15, -0.1) is 0 Å². The van der Waals surface area contributed by atoms with Crippen LogP contribution in [0.4, 0.5) is 0 Å². The molecule has 1 aliphatic heterocycles. The Morgan fingerprint density at radius 3 is 2.21 bits per heavy atom. The van der Waals surface area contributed by atoms with Gasteiger partial charge in [-0.25, -0.2) is 4.79 Å². The summed E-state index contributed by atoms with van der Waals surface area (Å²) in [6.45, 7) is 8.91. The van der Waals surface area contributed by atoms with Crippen molar-refractivity contribution in [1.82, 2.24) is 0 Å². The van der Waals surface area contributed by atoms with E-state index in [1.165, 1.54) is 6.92 Å². The number of carbonyl (C=O) groups excluding carboxylic acids is 4. The normalized spacial score (nSPS) is 34.0. The third kappa shape index (κ3) is 5.71. The highest BCUT2D eigenvalue weighted by atomic mass is 16.6. The molecule has 0 radical (unpaired) electrons. The van der Waals surface area contributed by atoms with E-state index >= 15 is 4.79 Å². The highest BCUT2D eigenvalue weighted by Gasteiger charge is 2.68. The van der Waals surface area contributed by atoms with Gasteiger partial charge in [0.25, 0.3) is 0 Å². The summed E-state index contributed by atoms with van der Waals surface area (Å²) in [5, 5.41) is 12.8. The lowest BCUT2D eigenvalue weighted by Gasteiger charge is -2.62. The van der Waals surface area contributed by atoms with Crippen molar-refractivity contribution in [3.8, 4) is 0 Å². The Balaban J connectivity index is 1.40. The Bertz CT molecular complexity index is 1580. The molecule has 9 heteroatoms. The zero-order chi connectivity index (χ0) is 33.7. The van der Waals surface area contributed by atoms with Crippen LogP contribution in [-0.4, -0.2) is 65.4 Å². The van der Waals surface area contributed by atoms with Crippen LogP contribution in [0.25, 0.3) is 0 Å². The van der Waals surface area contributed by atoms with Crippen molar-refractivity contribution in [2.75, 3.05) is 6.61 Å². The maximum absolute atomic E-state index is 15.1. The molecule has 8 atom stereocenters. The van der Waals surface area contributed by atoms with Gasteiger partial charge in [-0.3, -0.25) is 14.4 Å². The molecule has 4 aliphatic rings. The summed E-state index contributed by atoms with van der Waals surface area (Å²) < 4.78 is 24.0. The molecule has 47 heavy (non-hydrogen) atoms. The van der Waals surface area contributed by atoms with E-state index in [1.807, 2.05) is 44.2 Å². The summed E-state index contributed by atoms with van der Waals surface area (Å²) in [5.41, 5.74) is -1.46. The lowest BCUT2D eigenvalue weighted by molar-refractivity contribution is -0.244. The number of aryl methyl sites for hydroxylation is 1. The predicted molar refractivity (Wildman–Crippen MR) is 171 cm³/mol. The highest BCUT2D eigenvalue weighted by molar-refractivity contribution is 5.95. The van der Waals surface area contributed by atoms with E-state index in [2.05, 4.69) is 0 Å². The maximum atomic E-state index is 15.1. The Morgan fingerprint density at radius 2 is 1.60 bits per heavy atom. The lowest BCUT2D eigenvalue weighted by atomic mass is 9.47. The molecular weight excluding hydrogens is 600 g/mol. The first-order valence-corrected chi connectivity index (χ1v) is 16.5. The van der Waals surface area contributed by atoms with E-state index in [0.29, 0.717) is 36.2 Å². The minimum Gasteiger partial charge on any atom is -0.458 e. The van der Waals surface area contributed by atoms with Crippen molar-refractivity contribution < 1.29 is 43.2 Å². The Morgan fingerprint density at radius 1 is 0.936 bits per heavy atom. The molecule has 250 valence electrons. The monoisotopic (exact) mass is 644 g/mol. The molecule has 2 aromatic rings. The van der Waals surface area contributed by atoms with E-state index in [0.717, 1.165) is 5.56 Å². The minimum atomic E-state index is -1.47. The van der Waals surface area contributed by atoms with E-state index < -0.39 is 64.4 Å². The van der Waals surface area contributed by atoms with Crippen LogP contribution in [-0.2, 0) is 39.8 Å². The average Bonchev–Trinajstić information content (AvgIpc) is 3.02.